The molecule has 26 heavy (non-hydrogen) atoms. The molecule has 130 valence electrons. The number of benzene rings is 2. The summed E-state index contributed by atoms with van der Waals surface area (Å²) in [5.74, 6) is -1.09. The van der Waals surface area contributed by atoms with Crippen LogP contribution in [-0.2, 0) is 11.2 Å². The Bertz CT molecular complexity index is 971. The van der Waals surface area contributed by atoms with Crippen LogP contribution in [0.3, 0.4) is 0 Å². The second kappa shape index (κ2) is 6.68. The van der Waals surface area contributed by atoms with Crippen molar-refractivity contribution in [1.82, 2.24) is 4.98 Å². The minimum absolute atomic E-state index is 0.292. The lowest BCUT2D eigenvalue weighted by molar-refractivity contribution is 0.0252. The molecule has 0 radical (unpaired) electrons. The number of anilines is 1. The van der Waals surface area contributed by atoms with Crippen LogP contribution in [0.1, 0.15) is 37.9 Å². The van der Waals surface area contributed by atoms with Gasteiger partial charge in [-0.2, -0.15) is 0 Å². The number of aromatic nitrogens is 1. The molecule has 4 rings (SSSR count). The SMILES string of the molecule is O=C(Nc1nccs1)c1ccc2c(c1)CC(c1ccc(F)cc1)OC2=O. The predicted octanol–water partition coefficient (Wildman–Crippen LogP) is 3.99. The van der Waals surface area contributed by atoms with Crippen LogP contribution in [0.2, 0.25) is 0 Å². The van der Waals surface area contributed by atoms with Crippen LogP contribution in [0.25, 0.3) is 0 Å². The molecule has 1 aromatic heterocycles. The number of carbonyl (C=O) groups excluding carboxylic acids is 2. The number of thiazole rings is 1. The van der Waals surface area contributed by atoms with Crippen molar-refractivity contribution in [3.8, 4) is 0 Å². The number of amides is 1. The van der Waals surface area contributed by atoms with Gasteiger partial charge in [0.25, 0.3) is 5.91 Å². The topological polar surface area (TPSA) is 68.3 Å². The highest BCUT2D eigenvalue weighted by Crippen LogP contribution is 2.31. The van der Waals surface area contributed by atoms with E-state index in [2.05, 4.69) is 10.3 Å². The summed E-state index contributed by atoms with van der Waals surface area (Å²) in [5.41, 5.74) is 2.31. The van der Waals surface area contributed by atoms with E-state index in [1.165, 1.54) is 23.5 Å². The molecule has 0 saturated carbocycles. The molecule has 2 aromatic carbocycles. The van der Waals surface area contributed by atoms with Gasteiger partial charge in [0.15, 0.2) is 5.13 Å². The zero-order chi connectivity index (χ0) is 18.1. The Labute approximate surface area is 152 Å². The molecule has 1 atom stereocenters. The monoisotopic (exact) mass is 368 g/mol. The summed E-state index contributed by atoms with van der Waals surface area (Å²) >= 11 is 1.33. The van der Waals surface area contributed by atoms with E-state index in [1.807, 2.05) is 0 Å². The molecule has 0 bridgehead atoms. The van der Waals surface area contributed by atoms with E-state index in [0.717, 1.165) is 5.56 Å². The molecular formula is C19H13FN2O3S. The molecule has 0 spiro atoms. The van der Waals surface area contributed by atoms with Gasteiger partial charge in [-0.3, -0.25) is 10.1 Å². The van der Waals surface area contributed by atoms with Crippen molar-refractivity contribution in [3.05, 3.63) is 82.1 Å². The second-order valence-electron chi connectivity index (χ2n) is 5.81. The molecule has 1 N–H and O–H groups in total. The largest absolute Gasteiger partial charge is 0.454 e. The summed E-state index contributed by atoms with van der Waals surface area (Å²) in [6, 6.07) is 10.7. The molecule has 1 aliphatic heterocycles. The average Bonchev–Trinajstić information content (AvgIpc) is 3.14. The van der Waals surface area contributed by atoms with Gasteiger partial charge in [0.05, 0.1) is 5.56 Å². The van der Waals surface area contributed by atoms with Crippen molar-refractivity contribution < 1.29 is 18.7 Å². The molecule has 1 amide bonds. The van der Waals surface area contributed by atoms with E-state index in [0.29, 0.717) is 28.2 Å². The third-order valence-electron chi connectivity index (χ3n) is 4.14. The number of carbonyl (C=O) groups is 2. The van der Waals surface area contributed by atoms with Crippen molar-refractivity contribution in [3.63, 3.8) is 0 Å². The zero-order valence-corrected chi connectivity index (χ0v) is 14.3. The summed E-state index contributed by atoms with van der Waals surface area (Å²) < 4.78 is 18.6. The van der Waals surface area contributed by atoms with Crippen molar-refractivity contribution >= 4 is 28.3 Å². The number of halogens is 1. The van der Waals surface area contributed by atoms with Gasteiger partial charge in [-0.15, -0.1) is 11.3 Å². The maximum Gasteiger partial charge on any atom is 0.339 e. The van der Waals surface area contributed by atoms with Crippen LogP contribution < -0.4 is 5.32 Å². The Kier molecular flexibility index (Phi) is 4.22. The molecular weight excluding hydrogens is 355 g/mol. The highest BCUT2D eigenvalue weighted by atomic mass is 32.1. The van der Waals surface area contributed by atoms with Crippen molar-refractivity contribution in [2.24, 2.45) is 0 Å². The van der Waals surface area contributed by atoms with E-state index in [-0.39, 0.29) is 11.7 Å². The molecule has 5 nitrogen and oxygen atoms in total. The van der Waals surface area contributed by atoms with Gasteiger partial charge >= 0.3 is 5.97 Å². The van der Waals surface area contributed by atoms with Gasteiger partial charge < -0.3 is 4.74 Å². The summed E-state index contributed by atoms with van der Waals surface area (Å²) in [5, 5.41) is 5.00. The lowest BCUT2D eigenvalue weighted by Crippen LogP contribution is -2.23. The van der Waals surface area contributed by atoms with E-state index in [4.69, 9.17) is 4.74 Å². The summed E-state index contributed by atoms with van der Waals surface area (Å²) in [7, 11) is 0. The van der Waals surface area contributed by atoms with E-state index >= 15 is 0 Å². The number of nitrogens with one attached hydrogen (secondary N) is 1. The zero-order valence-electron chi connectivity index (χ0n) is 13.4. The Balaban J connectivity index is 1.60. The van der Waals surface area contributed by atoms with E-state index in [1.54, 1.807) is 41.9 Å². The van der Waals surface area contributed by atoms with Crippen LogP contribution in [0.4, 0.5) is 9.52 Å². The summed E-state index contributed by atoms with van der Waals surface area (Å²) in [6.45, 7) is 0. The number of rotatable bonds is 3. The minimum Gasteiger partial charge on any atom is -0.454 e. The lowest BCUT2D eigenvalue weighted by atomic mass is 9.93. The molecule has 3 aromatic rings. The number of nitrogens with zero attached hydrogens (tertiary/aromatic N) is 1. The Morgan fingerprint density at radius 3 is 2.77 bits per heavy atom. The van der Waals surface area contributed by atoms with Crippen LogP contribution >= 0.6 is 11.3 Å². The van der Waals surface area contributed by atoms with Gasteiger partial charge in [-0.05, 0) is 41.5 Å². The highest BCUT2D eigenvalue weighted by molar-refractivity contribution is 7.13. The van der Waals surface area contributed by atoms with E-state index < -0.39 is 12.1 Å². The number of fused-ring (bicyclic) bond motifs is 1. The number of esters is 1. The van der Waals surface area contributed by atoms with Gasteiger partial charge in [0, 0.05) is 23.6 Å². The Hall–Kier alpha value is -3.06. The van der Waals surface area contributed by atoms with Gasteiger partial charge in [-0.1, -0.05) is 12.1 Å². The molecule has 0 saturated heterocycles. The fourth-order valence-corrected chi connectivity index (χ4v) is 3.38. The maximum absolute atomic E-state index is 13.1. The van der Waals surface area contributed by atoms with Crippen molar-refractivity contribution in [2.75, 3.05) is 5.32 Å². The first-order chi connectivity index (χ1) is 12.6. The Morgan fingerprint density at radius 2 is 2.04 bits per heavy atom. The van der Waals surface area contributed by atoms with E-state index in [9.17, 15) is 14.0 Å². The fraction of sp³-hybridized carbons (Fsp3) is 0.105. The molecule has 7 heteroatoms. The third kappa shape index (κ3) is 3.21. The van der Waals surface area contributed by atoms with Gasteiger partial charge in [0.1, 0.15) is 11.9 Å². The Morgan fingerprint density at radius 1 is 1.23 bits per heavy atom. The van der Waals surface area contributed by atoms with Gasteiger partial charge in [0.2, 0.25) is 0 Å². The number of hydrogen-bond donors (Lipinski definition) is 1. The van der Waals surface area contributed by atoms with Crippen LogP contribution in [0, 0.1) is 5.82 Å². The average molecular weight is 368 g/mol. The minimum atomic E-state index is -0.507. The number of hydrogen-bond acceptors (Lipinski definition) is 5. The smallest absolute Gasteiger partial charge is 0.339 e. The first-order valence-electron chi connectivity index (χ1n) is 7.90. The first kappa shape index (κ1) is 16.4. The molecule has 0 fully saturated rings. The normalized spacial score (nSPS) is 15.9. The third-order valence-corrected chi connectivity index (χ3v) is 4.83. The number of cyclic esters (lactones) is 1. The maximum atomic E-state index is 13.1. The van der Waals surface area contributed by atoms with Crippen molar-refractivity contribution in [1.29, 1.82) is 0 Å². The predicted molar refractivity (Wildman–Crippen MR) is 94.8 cm³/mol. The summed E-state index contributed by atoms with van der Waals surface area (Å²) in [4.78, 5) is 28.7. The first-order valence-corrected chi connectivity index (χ1v) is 8.78. The molecule has 2 heterocycles. The van der Waals surface area contributed by atoms with Crippen LogP contribution in [0.5, 0.6) is 0 Å². The van der Waals surface area contributed by atoms with Crippen LogP contribution in [-0.4, -0.2) is 16.9 Å². The molecule has 1 aliphatic rings. The lowest BCUT2D eigenvalue weighted by Gasteiger charge is -2.25. The second-order valence-corrected chi connectivity index (χ2v) is 6.71. The van der Waals surface area contributed by atoms with Crippen LogP contribution in [0.15, 0.2) is 54.0 Å². The standard InChI is InChI=1S/C19H13FN2O3S/c20-14-4-1-11(2-5-14)16-10-13-9-12(3-6-15(13)18(24)25-16)17(23)22-19-21-7-8-26-19/h1-9,16H,10H2,(H,21,22,23). The highest BCUT2D eigenvalue weighted by Gasteiger charge is 2.28. The molecule has 1 unspecified atom stereocenters. The molecule has 0 aliphatic carbocycles. The number of ether oxygens (including phenoxy) is 1. The fourth-order valence-electron chi connectivity index (χ4n) is 2.85. The van der Waals surface area contributed by atoms with Gasteiger partial charge in [-0.25, -0.2) is 14.2 Å². The quantitative estimate of drug-likeness (QED) is 0.710. The summed E-state index contributed by atoms with van der Waals surface area (Å²) in [6.07, 6.45) is 1.52. The van der Waals surface area contributed by atoms with Crippen molar-refractivity contribution in [2.45, 2.75) is 12.5 Å².